The Morgan fingerprint density at radius 3 is 2.78 bits per heavy atom. The summed E-state index contributed by atoms with van der Waals surface area (Å²) in [4.78, 5) is 25.2. The summed E-state index contributed by atoms with van der Waals surface area (Å²) < 4.78 is 1.33. The second-order valence-electron chi connectivity index (χ2n) is 4.49. The molecule has 1 fully saturated rings. The minimum atomic E-state index is -0.645. The number of terminal acetylenes is 1. The molecule has 0 saturated heterocycles. The summed E-state index contributed by atoms with van der Waals surface area (Å²) in [6, 6.07) is -0.256. The van der Waals surface area contributed by atoms with E-state index in [-0.39, 0.29) is 24.1 Å². The fourth-order valence-corrected chi connectivity index (χ4v) is 2.36. The van der Waals surface area contributed by atoms with Crippen molar-refractivity contribution in [3.05, 3.63) is 32.6 Å². The standard InChI is InChI=1S/C12H14N2O4/c1-2-7-5-14(12(18)13-11(7)17)9-3-8(6-15)10(16)4-9/h1,5,8-10,15-16H,3-4,6H2,(H,13,17,18)/t8-,9-,10+/m1/s1. The van der Waals surface area contributed by atoms with E-state index in [1.807, 2.05) is 0 Å². The van der Waals surface area contributed by atoms with E-state index in [1.54, 1.807) is 0 Å². The molecule has 1 aromatic heterocycles. The fourth-order valence-electron chi connectivity index (χ4n) is 2.36. The van der Waals surface area contributed by atoms with Crippen molar-refractivity contribution in [1.29, 1.82) is 0 Å². The van der Waals surface area contributed by atoms with Gasteiger partial charge < -0.3 is 10.2 Å². The number of nitrogens with zero attached hydrogens (tertiary/aromatic N) is 1. The van der Waals surface area contributed by atoms with Gasteiger partial charge in [0.2, 0.25) is 0 Å². The summed E-state index contributed by atoms with van der Waals surface area (Å²) in [7, 11) is 0. The maximum Gasteiger partial charge on any atom is 0.328 e. The number of nitrogens with one attached hydrogen (secondary N) is 1. The van der Waals surface area contributed by atoms with E-state index in [1.165, 1.54) is 10.8 Å². The topological polar surface area (TPSA) is 95.3 Å². The average Bonchev–Trinajstić information content (AvgIpc) is 2.70. The van der Waals surface area contributed by atoms with Gasteiger partial charge in [0, 0.05) is 24.8 Å². The zero-order chi connectivity index (χ0) is 13.3. The normalized spacial score (nSPS) is 27.1. The van der Waals surface area contributed by atoms with Gasteiger partial charge in [0.15, 0.2) is 0 Å². The molecule has 18 heavy (non-hydrogen) atoms. The van der Waals surface area contributed by atoms with Crippen molar-refractivity contribution in [1.82, 2.24) is 9.55 Å². The molecule has 96 valence electrons. The van der Waals surface area contributed by atoms with Crippen molar-refractivity contribution in [2.45, 2.75) is 25.0 Å². The van der Waals surface area contributed by atoms with Crippen LogP contribution in [0.3, 0.4) is 0 Å². The maximum atomic E-state index is 11.7. The molecule has 0 radical (unpaired) electrons. The SMILES string of the molecule is C#Cc1cn([C@@H]2C[C@H](CO)[C@@H](O)C2)c(=O)[nH]c1=O. The largest absolute Gasteiger partial charge is 0.396 e. The Kier molecular flexibility index (Phi) is 3.36. The molecule has 3 atom stereocenters. The lowest BCUT2D eigenvalue weighted by Crippen LogP contribution is -2.33. The molecule has 0 amide bonds. The van der Waals surface area contributed by atoms with Crippen LogP contribution in [0.5, 0.6) is 0 Å². The third-order valence-electron chi connectivity index (χ3n) is 3.38. The van der Waals surface area contributed by atoms with Gasteiger partial charge in [-0.2, -0.15) is 0 Å². The molecule has 0 aromatic carbocycles. The zero-order valence-corrected chi connectivity index (χ0v) is 9.67. The zero-order valence-electron chi connectivity index (χ0n) is 9.67. The van der Waals surface area contributed by atoms with E-state index in [4.69, 9.17) is 11.5 Å². The van der Waals surface area contributed by atoms with Crippen LogP contribution in [0.15, 0.2) is 15.8 Å². The molecule has 1 aliphatic rings. The summed E-state index contributed by atoms with van der Waals surface area (Å²) in [6.07, 6.45) is 6.70. The molecular weight excluding hydrogens is 236 g/mol. The van der Waals surface area contributed by atoms with E-state index in [0.29, 0.717) is 12.8 Å². The number of H-pyrrole nitrogens is 1. The average molecular weight is 250 g/mol. The molecule has 1 saturated carbocycles. The highest BCUT2D eigenvalue weighted by Crippen LogP contribution is 2.33. The Morgan fingerprint density at radius 2 is 2.22 bits per heavy atom. The number of rotatable bonds is 2. The van der Waals surface area contributed by atoms with E-state index in [9.17, 15) is 14.7 Å². The summed E-state index contributed by atoms with van der Waals surface area (Å²) in [5.74, 6) is 1.96. The number of aromatic nitrogens is 2. The molecule has 6 nitrogen and oxygen atoms in total. The molecule has 3 N–H and O–H groups in total. The van der Waals surface area contributed by atoms with Gasteiger partial charge in [-0.15, -0.1) is 6.42 Å². The Balaban J connectivity index is 2.39. The Labute approximate surface area is 103 Å². The smallest absolute Gasteiger partial charge is 0.328 e. The highest BCUT2D eigenvalue weighted by Gasteiger charge is 2.34. The Morgan fingerprint density at radius 1 is 1.50 bits per heavy atom. The van der Waals surface area contributed by atoms with Crippen LogP contribution < -0.4 is 11.2 Å². The molecule has 0 spiro atoms. The van der Waals surface area contributed by atoms with Crippen LogP contribution in [0.2, 0.25) is 0 Å². The lowest BCUT2D eigenvalue weighted by atomic mass is 10.1. The van der Waals surface area contributed by atoms with Crippen molar-refractivity contribution in [3.63, 3.8) is 0 Å². The third kappa shape index (κ3) is 2.10. The lowest BCUT2D eigenvalue weighted by molar-refractivity contribution is 0.0906. The summed E-state index contributed by atoms with van der Waals surface area (Å²) >= 11 is 0. The molecule has 0 unspecified atom stereocenters. The minimum absolute atomic E-state index is 0.0801. The first-order valence-corrected chi connectivity index (χ1v) is 5.67. The van der Waals surface area contributed by atoms with Crippen LogP contribution in [0.25, 0.3) is 0 Å². The number of hydrogen-bond donors (Lipinski definition) is 3. The van der Waals surface area contributed by atoms with Crippen molar-refractivity contribution >= 4 is 0 Å². The van der Waals surface area contributed by atoms with E-state index >= 15 is 0 Å². The van der Waals surface area contributed by atoms with Gasteiger partial charge in [-0.05, 0) is 12.8 Å². The van der Waals surface area contributed by atoms with Crippen LogP contribution in [0.4, 0.5) is 0 Å². The van der Waals surface area contributed by atoms with Gasteiger partial charge in [-0.25, -0.2) is 4.79 Å². The van der Waals surface area contributed by atoms with Gasteiger partial charge in [0.25, 0.3) is 5.56 Å². The molecule has 6 heteroatoms. The van der Waals surface area contributed by atoms with Crippen LogP contribution in [-0.2, 0) is 0 Å². The van der Waals surface area contributed by atoms with Crippen LogP contribution in [0, 0.1) is 18.3 Å². The first-order valence-electron chi connectivity index (χ1n) is 5.67. The summed E-state index contributed by atoms with van der Waals surface area (Å²) in [6.45, 7) is -0.127. The molecule has 1 aromatic rings. The second-order valence-corrected chi connectivity index (χ2v) is 4.49. The van der Waals surface area contributed by atoms with Gasteiger partial charge >= 0.3 is 5.69 Å². The predicted octanol–water partition coefficient (Wildman–Crippen LogP) is -1.18. The number of aliphatic hydroxyl groups is 2. The number of aliphatic hydroxyl groups excluding tert-OH is 2. The highest BCUT2D eigenvalue weighted by molar-refractivity contribution is 5.26. The predicted molar refractivity (Wildman–Crippen MR) is 64.1 cm³/mol. The minimum Gasteiger partial charge on any atom is -0.396 e. The van der Waals surface area contributed by atoms with Crippen LogP contribution in [-0.4, -0.2) is 32.5 Å². The van der Waals surface area contributed by atoms with Gasteiger partial charge in [-0.1, -0.05) is 5.92 Å². The molecule has 0 aliphatic heterocycles. The van der Waals surface area contributed by atoms with E-state index in [2.05, 4.69) is 10.9 Å². The maximum absolute atomic E-state index is 11.7. The Hall–Kier alpha value is -1.84. The van der Waals surface area contributed by atoms with Crippen LogP contribution in [0.1, 0.15) is 24.4 Å². The molecule has 1 heterocycles. The molecule has 1 aliphatic carbocycles. The second kappa shape index (κ2) is 4.80. The Bertz CT molecular complexity index is 595. The van der Waals surface area contributed by atoms with Gasteiger partial charge in [0.1, 0.15) is 5.56 Å². The van der Waals surface area contributed by atoms with E-state index < -0.39 is 17.4 Å². The van der Waals surface area contributed by atoms with Gasteiger partial charge in [0.05, 0.1) is 6.10 Å². The monoisotopic (exact) mass is 250 g/mol. The first-order chi connectivity index (χ1) is 8.56. The van der Waals surface area contributed by atoms with E-state index in [0.717, 1.165) is 0 Å². The summed E-state index contributed by atoms with van der Waals surface area (Å²) in [5.41, 5.74) is -1.05. The van der Waals surface area contributed by atoms with Crippen molar-refractivity contribution in [2.24, 2.45) is 5.92 Å². The first kappa shape index (κ1) is 12.6. The highest BCUT2D eigenvalue weighted by atomic mass is 16.3. The van der Waals surface area contributed by atoms with Gasteiger partial charge in [-0.3, -0.25) is 14.3 Å². The molecule has 0 bridgehead atoms. The summed E-state index contributed by atoms with van der Waals surface area (Å²) in [5, 5.41) is 18.8. The fraction of sp³-hybridized carbons (Fsp3) is 0.500. The molecular formula is C12H14N2O4. The van der Waals surface area contributed by atoms with Crippen molar-refractivity contribution in [2.75, 3.05) is 6.61 Å². The molecule has 2 rings (SSSR count). The van der Waals surface area contributed by atoms with Crippen molar-refractivity contribution < 1.29 is 10.2 Å². The third-order valence-corrected chi connectivity index (χ3v) is 3.38. The number of hydrogen-bond acceptors (Lipinski definition) is 4. The number of aromatic amines is 1. The van der Waals surface area contributed by atoms with Crippen LogP contribution >= 0.6 is 0 Å². The quantitative estimate of drug-likeness (QED) is 0.576. The lowest BCUT2D eigenvalue weighted by Gasteiger charge is -2.13. The van der Waals surface area contributed by atoms with Crippen molar-refractivity contribution in [3.8, 4) is 12.3 Å².